The third-order valence-electron chi connectivity index (χ3n) is 4.29. The molecule has 102 valence electrons. The van der Waals surface area contributed by atoms with E-state index in [-0.39, 0.29) is 11.8 Å². The number of fused-ring (bicyclic) bond motifs is 3. The Morgan fingerprint density at radius 1 is 1.32 bits per heavy atom. The molecule has 1 aromatic rings. The molecule has 1 aromatic heterocycles. The van der Waals surface area contributed by atoms with Gasteiger partial charge in [0.2, 0.25) is 0 Å². The molecule has 2 heterocycles. The molecule has 0 amide bonds. The second-order valence-corrected chi connectivity index (χ2v) is 5.87. The third-order valence-corrected chi connectivity index (χ3v) is 4.29. The summed E-state index contributed by atoms with van der Waals surface area (Å²) in [4.78, 5) is 16.7. The standard InChI is InChI=1S/C15H20N2O2/c1-8(2)14(18)9-3-4-13-10(5-9)11-6-19-7-12(11)15(16)17-13/h8-9H,3-7H2,1-2H3,(H2,16,17)/t9-/m1/s1. The number of ketones is 1. The van der Waals surface area contributed by atoms with E-state index in [9.17, 15) is 4.79 Å². The van der Waals surface area contributed by atoms with Crippen LogP contribution in [0.4, 0.5) is 5.82 Å². The molecule has 0 saturated heterocycles. The van der Waals surface area contributed by atoms with E-state index in [2.05, 4.69) is 4.98 Å². The highest BCUT2D eigenvalue weighted by Crippen LogP contribution is 2.35. The van der Waals surface area contributed by atoms with Crippen LogP contribution in [0.15, 0.2) is 0 Å². The smallest absolute Gasteiger partial charge is 0.138 e. The molecule has 0 saturated carbocycles. The normalized spacial score (nSPS) is 21.3. The number of nitrogens with two attached hydrogens (primary N) is 1. The third kappa shape index (κ3) is 2.04. The van der Waals surface area contributed by atoms with Gasteiger partial charge in [0.05, 0.1) is 13.2 Å². The molecule has 1 aliphatic carbocycles. The molecule has 2 aliphatic rings. The Balaban J connectivity index is 1.97. The van der Waals surface area contributed by atoms with Crippen LogP contribution < -0.4 is 5.73 Å². The van der Waals surface area contributed by atoms with Crippen molar-refractivity contribution in [2.75, 3.05) is 5.73 Å². The van der Waals surface area contributed by atoms with Crippen molar-refractivity contribution in [3.05, 3.63) is 22.4 Å². The van der Waals surface area contributed by atoms with Crippen LogP contribution in [0.3, 0.4) is 0 Å². The first kappa shape index (κ1) is 12.6. The SMILES string of the molecule is CC(C)C(=O)[C@@H]1CCc2nc(N)c3c(c2C1)COC3. The Kier molecular flexibility index (Phi) is 3.05. The summed E-state index contributed by atoms with van der Waals surface area (Å²) in [5, 5.41) is 0. The molecule has 0 bridgehead atoms. The Hall–Kier alpha value is -1.42. The summed E-state index contributed by atoms with van der Waals surface area (Å²) in [6.07, 6.45) is 2.57. The molecular formula is C15H20N2O2. The lowest BCUT2D eigenvalue weighted by molar-refractivity contribution is -0.126. The molecule has 4 heteroatoms. The number of Topliss-reactive ketones (excluding diaryl/α,β-unsaturated/α-hetero) is 1. The van der Waals surface area contributed by atoms with Gasteiger partial charge in [0.1, 0.15) is 11.6 Å². The van der Waals surface area contributed by atoms with Crippen LogP contribution in [0, 0.1) is 11.8 Å². The van der Waals surface area contributed by atoms with Gasteiger partial charge in [0, 0.05) is 23.1 Å². The summed E-state index contributed by atoms with van der Waals surface area (Å²) in [5.41, 5.74) is 10.5. The fourth-order valence-electron chi connectivity index (χ4n) is 3.20. The zero-order chi connectivity index (χ0) is 13.6. The molecule has 4 nitrogen and oxygen atoms in total. The van der Waals surface area contributed by atoms with Crippen molar-refractivity contribution < 1.29 is 9.53 Å². The number of rotatable bonds is 2. The zero-order valence-corrected chi connectivity index (χ0v) is 11.5. The van der Waals surface area contributed by atoms with Crippen LogP contribution in [0.5, 0.6) is 0 Å². The van der Waals surface area contributed by atoms with Crippen LogP contribution >= 0.6 is 0 Å². The van der Waals surface area contributed by atoms with Crippen molar-refractivity contribution in [1.82, 2.24) is 4.98 Å². The number of nitrogen functional groups attached to an aromatic ring is 1. The highest BCUT2D eigenvalue weighted by Gasteiger charge is 2.31. The van der Waals surface area contributed by atoms with E-state index >= 15 is 0 Å². The molecule has 2 N–H and O–H groups in total. The minimum Gasteiger partial charge on any atom is -0.383 e. The number of pyridine rings is 1. The van der Waals surface area contributed by atoms with Crippen LogP contribution in [-0.2, 0) is 35.6 Å². The molecule has 1 aliphatic heterocycles. The van der Waals surface area contributed by atoms with E-state index in [1.807, 2.05) is 13.8 Å². The van der Waals surface area contributed by atoms with E-state index in [1.165, 1.54) is 11.1 Å². The molecular weight excluding hydrogens is 240 g/mol. The van der Waals surface area contributed by atoms with Gasteiger partial charge in [0.25, 0.3) is 0 Å². The average molecular weight is 260 g/mol. The fourth-order valence-corrected chi connectivity index (χ4v) is 3.20. The highest BCUT2D eigenvalue weighted by atomic mass is 16.5. The van der Waals surface area contributed by atoms with Crippen molar-refractivity contribution in [3.63, 3.8) is 0 Å². The van der Waals surface area contributed by atoms with Crippen LogP contribution in [0.2, 0.25) is 0 Å². The Morgan fingerprint density at radius 3 is 2.79 bits per heavy atom. The van der Waals surface area contributed by atoms with Gasteiger partial charge >= 0.3 is 0 Å². The largest absolute Gasteiger partial charge is 0.383 e. The summed E-state index contributed by atoms with van der Waals surface area (Å²) < 4.78 is 5.50. The highest BCUT2D eigenvalue weighted by molar-refractivity contribution is 5.83. The quantitative estimate of drug-likeness (QED) is 0.883. The second kappa shape index (κ2) is 4.60. The molecule has 19 heavy (non-hydrogen) atoms. The zero-order valence-electron chi connectivity index (χ0n) is 11.5. The number of aromatic nitrogens is 1. The van der Waals surface area contributed by atoms with E-state index in [0.29, 0.717) is 24.8 Å². The molecule has 0 spiro atoms. The maximum Gasteiger partial charge on any atom is 0.138 e. The van der Waals surface area contributed by atoms with Crippen molar-refractivity contribution >= 4 is 11.6 Å². The van der Waals surface area contributed by atoms with Gasteiger partial charge < -0.3 is 10.5 Å². The van der Waals surface area contributed by atoms with Gasteiger partial charge in [-0.1, -0.05) is 13.8 Å². The topological polar surface area (TPSA) is 65.2 Å². The lowest BCUT2D eigenvalue weighted by Gasteiger charge is -2.26. The maximum absolute atomic E-state index is 12.2. The lowest BCUT2D eigenvalue weighted by Crippen LogP contribution is -2.27. The van der Waals surface area contributed by atoms with Crippen molar-refractivity contribution in [2.24, 2.45) is 11.8 Å². The predicted molar refractivity (Wildman–Crippen MR) is 72.5 cm³/mol. The van der Waals surface area contributed by atoms with Gasteiger partial charge in [-0.15, -0.1) is 0 Å². The predicted octanol–water partition coefficient (Wildman–Crippen LogP) is 2.02. The summed E-state index contributed by atoms with van der Waals surface area (Å²) in [6.45, 7) is 5.14. The first-order valence-electron chi connectivity index (χ1n) is 6.98. The van der Waals surface area contributed by atoms with Crippen LogP contribution in [-0.4, -0.2) is 10.8 Å². The van der Waals surface area contributed by atoms with Gasteiger partial charge in [0.15, 0.2) is 0 Å². The monoisotopic (exact) mass is 260 g/mol. The number of ether oxygens (including phenoxy) is 1. The van der Waals surface area contributed by atoms with E-state index < -0.39 is 0 Å². The minimum absolute atomic E-state index is 0.109. The molecule has 1 atom stereocenters. The van der Waals surface area contributed by atoms with Gasteiger partial charge in [-0.05, 0) is 30.4 Å². The van der Waals surface area contributed by atoms with E-state index in [4.69, 9.17) is 10.5 Å². The van der Waals surface area contributed by atoms with Gasteiger partial charge in [-0.2, -0.15) is 0 Å². The minimum atomic E-state index is 0.109. The Morgan fingerprint density at radius 2 is 2.05 bits per heavy atom. The van der Waals surface area contributed by atoms with Crippen molar-refractivity contribution in [3.8, 4) is 0 Å². The first-order valence-corrected chi connectivity index (χ1v) is 6.98. The number of hydrogen-bond acceptors (Lipinski definition) is 4. The first-order chi connectivity index (χ1) is 9.08. The summed E-state index contributed by atoms with van der Waals surface area (Å²) in [7, 11) is 0. The van der Waals surface area contributed by atoms with Crippen molar-refractivity contribution in [2.45, 2.75) is 46.3 Å². The van der Waals surface area contributed by atoms with E-state index in [1.54, 1.807) is 0 Å². The maximum atomic E-state index is 12.2. The number of nitrogens with zero attached hydrogens (tertiary/aromatic N) is 1. The summed E-state index contributed by atoms with van der Waals surface area (Å²) >= 11 is 0. The van der Waals surface area contributed by atoms with Gasteiger partial charge in [-0.3, -0.25) is 4.79 Å². The second-order valence-electron chi connectivity index (χ2n) is 5.87. The molecule has 0 unspecified atom stereocenters. The fraction of sp³-hybridized carbons (Fsp3) is 0.600. The number of hydrogen-bond donors (Lipinski definition) is 1. The molecule has 0 fully saturated rings. The van der Waals surface area contributed by atoms with Crippen molar-refractivity contribution in [1.29, 1.82) is 0 Å². The Labute approximate surface area is 113 Å². The summed E-state index contributed by atoms with van der Waals surface area (Å²) in [5.74, 6) is 1.23. The van der Waals surface area contributed by atoms with Gasteiger partial charge in [-0.25, -0.2) is 4.98 Å². The number of aryl methyl sites for hydroxylation is 1. The number of carbonyl (C=O) groups excluding carboxylic acids is 1. The summed E-state index contributed by atoms with van der Waals surface area (Å²) in [6, 6.07) is 0. The van der Waals surface area contributed by atoms with E-state index in [0.717, 1.165) is 30.5 Å². The van der Waals surface area contributed by atoms with Crippen LogP contribution in [0.25, 0.3) is 0 Å². The molecule has 0 aromatic carbocycles. The lowest BCUT2D eigenvalue weighted by atomic mass is 9.79. The van der Waals surface area contributed by atoms with Crippen LogP contribution in [0.1, 0.15) is 42.7 Å². The molecule has 0 radical (unpaired) electrons. The Bertz CT molecular complexity index is 537. The molecule has 3 rings (SSSR count). The average Bonchev–Trinajstić information content (AvgIpc) is 2.87. The number of anilines is 1. The number of carbonyl (C=O) groups is 1.